The predicted octanol–water partition coefficient (Wildman–Crippen LogP) is 3.07. The molecule has 4 heteroatoms. The maximum atomic E-state index is 13.7. The van der Waals surface area contributed by atoms with Crippen LogP contribution in [0.15, 0.2) is 18.2 Å². The lowest BCUT2D eigenvalue weighted by Gasteiger charge is -2.21. The van der Waals surface area contributed by atoms with Gasteiger partial charge < -0.3 is 5.11 Å². The van der Waals surface area contributed by atoms with Crippen LogP contribution in [0.3, 0.4) is 0 Å². The molecule has 1 aromatic carbocycles. The molecule has 0 atom stereocenters. The van der Waals surface area contributed by atoms with Gasteiger partial charge in [0.05, 0.1) is 11.6 Å². The van der Waals surface area contributed by atoms with E-state index in [0.717, 1.165) is 19.4 Å². The van der Waals surface area contributed by atoms with Gasteiger partial charge in [0.1, 0.15) is 5.82 Å². The number of unbranched alkanes of at least 4 members (excludes halogenated alkanes) is 1. The highest BCUT2D eigenvalue weighted by Gasteiger charge is 2.10. The maximum absolute atomic E-state index is 13.7. The fourth-order valence-electron chi connectivity index (χ4n) is 1.70. The molecule has 1 N–H and O–H groups in total. The summed E-state index contributed by atoms with van der Waals surface area (Å²) in [6, 6.07) is 5.03. The minimum Gasteiger partial charge on any atom is -0.395 e. The van der Waals surface area contributed by atoms with Crippen molar-refractivity contribution < 1.29 is 9.50 Å². The molecule has 0 aromatic heterocycles. The summed E-state index contributed by atoms with van der Waals surface area (Å²) < 4.78 is 13.7. The second kappa shape index (κ2) is 7.64. The van der Waals surface area contributed by atoms with Crippen molar-refractivity contribution in [3.8, 4) is 0 Å². The molecule has 0 bridgehead atoms. The summed E-state index contributed by atoms with van der Waals surface area (Å²) >= 11 is 5.74. The van der Waals surface area contributed by atoms with E-state index in [1.54, 1.807) is 18.2 Å². The van der Waals surface area contributed by atoms with Gasteiger partial charge in [-0.15, -0.1) is 0 Å². The van der Waals surface area contributed by atoms with Gasteiger partial charge in [-0.1, -0.05) is 37.1 Å². The van der Waals surface area contributed by atoms with Gasteiger partial charge in [0, 0.05) is 18.7 Å². The molecule has 0 radical (unpaired) electrons. The van der Waals surface area contributed by atoms with Crippen LogP contribution in [0.5, 0.6) is 0 Å². The quantitative estimate of drug-likeness (QED) is 0.814. The van der Waals surface area contributed by atoms with Crippen molar-refractivity contribution >= 4 is 11.6 Å². The fourth-order valence-corrected chi connectivity index (χ4v) is 1.90. The van der Waals surface area contributed by atoms with Gasteiger partial charge in [0.25, 0.3) is 0 Å². The maximum Gasteiger partial charge on any atom is 0.146 e. The molecule has 0 saturated heterocycles. The van der Waals surface area contributed by atoms with Crippen LogP contribution in [-0.4, -0.2) is 29.7 Å². The topological polar surface area (TPSA) is 23.5 Å². The van der Waals surface area contributed by atoms with Gasteiger partial charge in [-0.3, -0.25) is 4.90 Å². The largest absolute Gasteiger partial charge is 0.395 e. The fraction of sp³-hybridized carbons (Fsp3) is 0.538. The first-order chi connectivity index (χ1) is 8.19. The van der Waals surface area contributed by atoms with E-state index in [1.807, 2.05) is 4.90 Å². The lowest BCUT2D eigenvalue weighted by molar-refractivity contribution is 0.187. The van der Waals surface area contributed by atoms with E-state index >= 15 is 0 Å². The molecule has 0 aliphatic carbocycles. The van der Waals surface area contributed by atoms with Gasteiger partial charge in [-0.2, -0.15) is 0 Å². The Labute approximate surface area is 107 Å². The first-order valence-corrected chi connectivity index (χ1v) is 6.33. The third-order valence-corrected chi connectivity index (χ3v) is 2.96. The smallest absolute Gasteiger partial charge is 0.146 e. The van der Waals surface area contributed by atoms with Crippen molar-refractivity contribution in [2.45, 2.75) is 26.3 Å². The van der Waals surface area contributed by atoms with E-state index in [-0.39, 0.29) is 17.4 Å². The Bertz CT molecular complexity index is 346. The highest BCUT2D eigenvalue weighted by molar-refractivity contribution is 6.30. The Morgan fingerprint density at radius 2 is 2.12 bits per heavy atom. The van der Waals surface area contributed by atoms with E-state index in [9.17, 15) is 4.39 Å². The second-order valence-corrected chi connectivity index (χ2v) is 4.47. The van der Waals surface area contributed by atoms with Crippen LogP contribution in [0.25, 0.3) is 0 Å². The van der Waals surface area contributed by atoms with E-state index in [1.165, 1.54) is 0 Å². The number of nitrogens with zero attached hydrogens (tertiary/aromatic N) is 1. The Hall–Kier alpha value is -0.640. The number of hydrogen-bond donors (Lipinski definition) is 1. The lowest BCUT2D eigenvalue weighted by atomic mass is 10.2. The summed E-state index contributed by atoms with van der Waals surface area (Å²) in [6.07, 6.45) is 2.13. The standard InChI is InChI=1S/C13H19ClFNO/c1-2-3-7-16(8-9-17)10-11-5-4-6-12(14)13(11)15/h4-6,17H,2-3,7-10H2,1H3. The zero-order valence-electron chi connectivity index (χ0n) is 10.1. The van der Waals surface area contributed by atoms with Gasteiger partial charge in [-0.05, 0) is 19.0 Å². The molecule has 2 nitrogen and oxygen atoms in total. The monoisotopic (exact) mass is 259 g/mol. The van der Waals surface area contributed by atoms with E-state index in [0.29, 0.717) is 18.7 Å². The molecular formula is C13H19ClFNO. The number of halogens is 2. The normalized spacial score (nSPS) is 11.1. The average Bonchev–Trinajstić information content (AvgIpc) is 2.32. The summed E-state index contributed by atoms with van der Waals surface area (Å²) in [4.78, 5) is 2.04. The summed E-state index contributed by atoms with van der Waals surface area (Å²) in [6.45, 7) is 4.12. The molecule has 0 amide bonds. The molecular weight excluding hydrogens is 241 g/mol. The van der Waals surface area contributed by atoms with Crippen LogP contribution in [0.1, 0.15) is 25.3 Å². The molecule has 1 rings (SSSR count). The van der Waals surface area contributed by atoms with Crippen molar-refractivity contribution in [2.75, 3.05) is 19.7 Å². The summed E-state index contributed by atoms with van der Waals surface area (Å²) in [5.74, 6) is -0.353. The lowest BCUT2D eigenvalue weighted by Crippen LogP contribution is -2.28. The summed E-state index contributed by atoms with van der Waals surface area (Å²) in [5.41, 5.74) is 0.585. The van der Waals surface area contributed by atoms with Crippen molar-refractivity contribution in [3.63, 3.8) is 0 Å². The molecule has 0 spiro atoms. The third kappa shape index (κ3) is 4.62. The van der Waals surface area contributed by atoms with Crippen LogP contribution < -0.4 is 0 Å². The Morgan fingerprint density at radius 3 is 2.76 bits per heavy atom. The van der Waals surface area contributed by atoms with E-state index in [4.69, 9.17) is 16.7 Å². The number of aliphatic hydroxyl groups is 1. The van der Waals surface area contributed by atoms with Crippen molar-refractivity contribution in [1.82, 2.24) is 4.90 Å². The highest BCUT2D eigenvalue weighted by Crippen LogP contribution is 2.19. The highest BCUT2D eigenvalue weighted by atomic mass is 35.5. The molecule has 96 valence electrons. The van der Waals surface area contributed by atoms with Gasteiger partial charge in [0.15, 0.2) is 0 Å². The molecule has 0 fully saturated rings. The number of rotatable bonds is 7. The van der Waals surface area contributed by atoms with Crippen molar-refractivity contribution in [3.05, 3.63) is 34.6 Å². The van der Waals surface area contributed by atoms with Crippen LogP contribution in [0.4, 0.5) is 4.39 Å². The van der Waals surface area contributed by atoms with Crippen LogP contribution >= 0.6 is 11.6 Å². The Balaban J connectivity index is 2.67. The number of benzene rings is 1. The third-order valence-electron chi connectivity index (χ3n) is 2.67. The van der Waals surface area contributed by atoms with Crippen LogP contribution in [-0.2, 0) is 6.54 Å². The SMILES string of the molecule is CCCCN(CCO)Cc1cccc(Cl)c1F. The Morgan fingerprint density at radius 1 is 1.35 bits per heavy atom. The van der Waals surface area contributed by atoms with Crippen LogP contribution in [0, 0.1) is 5.82 Å². The second-order valence-electron chi connectivity index (χ2n) is 4.07. The Kier molecular flexibility index (Phi) is 6.48. The zero-order valence-corrected chi connectivity index (χ0v) is 10.9. The molecule has 0 heterocycles. The molecule has 0 aliphatic heterocycles. The molecule has 0 saturated carbocycles. The number of hydrogen-bond acceptors (Lipinski definition) is 2. The summed E-state index contributed by atoms with van der Waals surface area (Å²) in [5, 5.41) is 9.13. The average molecular weight is 260 g/mol. The zero-order chi connectivity index (χ0) is 12.7. The van der Waals surface area contributed by atoms with E-state index in [2.05, 4.69) is 6.92 Å². The number of aliphatic hydroxyl groups excluding tert-OH is 1. The molecule has 1 aromatic rings. The first-order valence-electron chi connectivity index (χ1n) is 5.95. The van der Waals surface area contributed by atoms with Crippen molar-refractivity contribution in [1.29, 1.82) is 0 Å². The minimum atomic E-state index is -0.353. The summed E-state index contributed by atoms with van der Waals surface area (Å²) in [7, 11) is 0. The molecule has 0 unspecified atom stereocenters. The van der Waals surface area contributed by atoms with Crippen molar-refractivity contribution in [2.24, 2.45) is 0 Å². The first kappa shape index (κ1) is 14.4. The molecule has 17 heavy (non-hydrogen) atoms. The van der Waals surface area contributed by atoms with Crippen LogP contribution in [0.2, 0.25) is 5.02 Å². The predicted molar refractivity (Wildman–Crippen MR) is 68.7 cm³/mol. The van der Waals surface area contributed by atoms with Gasteiger partial charge >= 0.3 is 0 Å². The van der Waals surface area contributed by atoms with Gasteiger partial charge in [-0.25, -0.2) is 4.39 Å². The minimum absolute atomic E-state index is 0.0892. The molecule has 0 aliphatic rings. The van der Waals surface area contributed by atoms with E-state index < -0.39 is 0 Å². The van der Waals surface area contributed by atoms with Gasteiger partial charge in [0.2, 0.25) is 0 Å².